The Bertz CT molecular complexity index is 320. The normalized spacial score (nSPS) is 25.1. The van der Waals surface area contributed by atoms with Crippen molar-refractivity contribution in [3.63, 3.8) is 0 Å². The van der Waals surface area contributed by atoms with E-state index in [1.165, 1.54) is 6.07 Å². The highest BCUT2D eigenvalue weighted by Gasteiger charge is 2.40. The standard InChI is InChI=1S/C11H13ClFN/c1-14-6-7-5-8(7)11-9(12)3-2-4-10(11)13/h2-4,7-8,14H,5-6H2,1H3. The van der Waals surface area contributed by atoms with Crippen LogP contribution in [0.4, 0.5) is 4.39 Å². The third kappa shape index (κ3) is 1.77. The Kier molecular flexibility index (Phi) is 2.75. The lowest BCUT2D eigenvalue weighted by atomic mass is 10.1. The molecule has 0 heterocycles. The molecule has 1 N–H and O–H groups in total. The first-order valence-corrected chi connectivity index (χ1v) is 5.20. The van der Waals surface area contributed by atoms with Crippen molar-refractivity contribution >= 4 is 11.6 Å². The minimum Gasteiger partial charge on any atom is -0.319 e. The monoisotopic (exact) mass is 213 g/mol. The van der Waals surface area contributed by atoms with Gasteiger partial charge in [0.2, 0.25) is 0 Å². The maximum atomic E-state index is 13.4. The average molecular weight is 214 g/mol. The van der Waals surface area contributed by atoms with Crippen LogP contribution in [-0.2, 0) is 0 Å². The van der Waals surface area contributed by atoms with E-state index in [0.29, 0.717) is 22.4 Å². The van der Waals surface area contributed by atoms with Gasteiger partial charge in [-0.25, -0.2) is 4.39 Å². The first kappa shape index (κ1) is 9.94. The number of hydrogen-bond acceptors (Lipinski definition) is 1. The fourth-order valence-electron chi connectivity index (χ4n) is 1.95. The largest absolute Gasteiger partial charge is 0.319 e. The van der Waals surface area contributed by atoms with E-state index in [0.717, 1.165) is 13.0 Å². The highest BCUT2D eigenvalue weighted by molar-refractivity contribution is 6.31. The molecule has 1 aromatic carbocycles. The summed E-state index contributed by atoms with van der Waals surface area (Å²) in [5, 5.41) is 3.67. The van der Waals surface area contributed by atoms with Crippen LogP contribution < -0.4 is 5.32 Å². The van der Waals surface area contributed by atoms with Crippen LogP contribution in [0, 0.1) is 11.7 Å². The molecule has 0 aromatic heterocycles. The molecule has 0 aliphatic heterocycles. The van der Waals surface area contributed by atoms with Crippen LogP contribution in [0.3, 0.4) is 0 Å². The van der Waals surface area contributed by atoms with Gasteiger partial charge in [-0.1, -0.05) is 17.7 Å². The summed E-state index contributed by atoms with van der Waals surface area (Å²) in [6.45, 7) is 0.940. The molecule has 1 aliphatic carbocycles. The second-order valence-corrected chi connectivity index (χ2v) is 4.20. The van der Waals surface area contributed by atoms with Crippen LogP contribution in [0.1, 0.15) is 17.9 Å². The van der Waals surface area contributed by atoms with E-state index in [1.54, 1.807) is 12.1 Å². The van der Waals surface area contributed by atoms with Crippen molar-refractivity contribution in [1.29, 1.82) is 0 Å². The van der Waals surface area contributed by atoms with Gasteiger partial charge in [0.25, 0.3) is 0 Å². The number of rotatable bonds is 3. The summed E-state index contributed by atoms with van der Waals surface area (Å²) in [5.74, 6) is 0.701. The zero-order chi connectivity index (χ0) is 10.1. The van der Waals surface area contributed by atoms with E-state index in [9.17, 15) is 4.39 Å². The van der Waals surface area contributed by atoms with Crippen LogP contribution in [0.2, 0.25) is 5.02 Å². The molecular formula is C11H13ClFN. The lowest BCUT2D eigenvalue weighted by molar-refractivity contribution is 0.602. The Morgan fingerprint density at radius 1 is 1.57 bits per heavy atom. The Hall–Kier alpha value is -0.600. The van der Waals surface area contributed by atoms with Gasteiger partial charge >= 0.3 is 0 Å². The van der Waals surface area contributed by atoms with Crippen molar-refractivity contribution in [2.24, 2.45) is 5.92 Å². The fraction of sp³-hybridized carbons (Fsp3) is 0.455. The Labute approximate surface area is 88.3 Å². The van der Waals surface area contributed by atoms with Gasteiger partial charge in [-0.05, 0) is 44.0 Å². The highest BCUT2D eigenvalue weighted by atomic mass is 35.5. The van der Waals surface area contributed by atoms with Crippen molar-refractivity contribution in [2.75, 3.05) is 13.6 Å². The number of hydrogen-bond donors (Lipinski definition) is 1. The van der Waals surface area contributed by atoms with E-state index in [2.05, 4.69) is 5.32 Å². The van der Waals surface area contributed by atoms with Crippen LogP contribution in [0.5, 0.6) is 0 Å². The zero-order valence-corrected chi connectivity index (χ0v) is 8.81. The molecule has 2 atom stereocenters. The van der Waals surface area contributed by atoms with E-state index in [1.807, 2.05) is 7.05 Å². The minimum absolute atomic E-state index is 0.166. The van der Waals surface area contributed by atoms with Crippen molar-refractivity contribution in [3.8, 4) is 0 Å². The first-order chi connectivity index (χ1) is 6.74. The molecule has 1 aromatic rings. The molecule has 3 heteroatoms. The maximum Gasteiger partial charge on any atom is 0.128 e. The summed E-state index contributed by atoms with van der Waals surface area (Å²) < 4.78 is 13.4. The molecule has 0 saturated heterocycles. The molecule has 1 fully saturated rings. The molecule has 14 heavy (non-hydrogen) atoms. The second kappa shape index (κ2) is 3.87. The van der Waals surface area contributed by atoms with Crippen LogP contribution >= 0.6 is 11.6 Å². The van der Waals surface area contributed by atoms with Gasteiger partial charge in [-0.2, -0.15) is 0 Å². The van der Waals surface area contributed by atoms with Crippen LogP contribution in [0.25, 0.3) is 0 Å². The van der Waals surface area contributed by atoms with Gasteiger partial charge in [0.15, 0.2) is 0 Å². The molecule has 2 unspecified atom stereocenters. The average Bonchev–Trinajstić information content (AvgIpc) is 2.85. The Balaban J connectivity index is 2.18. The third-order valence-electron chi connectivity index (χ3n) is 2.76. The summed E-state index contributed by atoms with van der Waals surface area (Å²) in [4.78, 5) is 0. The molecule has 2 rings (SSSR count). The summed E-state index contributed by atoms with van der Waals surface area (Å²) in [5.41, 5.74) is 0.703. The minimum atomic E-state index is -0.166. The lowest BCUT2D eigenvalue weighted by Gasteiger charge is -2.04. The van der Waals surface area contributed by atoms with Gasteiger partial charge in [0.1, 0.15) is 5.82 Å². The van der Waals surface area contributed by atoms with Gasteiger partial charge in [-0.3, -0.25) is 0 Å². The predicted octanol–water partition coefficient (Wildman–Crippen LogP) is 2.80. The Morgan fingerprint density at radius 3 is 3.00 bits per heavy atom. The van der Waals surface area contributed by atoms with Crippen molar-refractivity contribution in [1.82, 2.24) is 5.32 Å². The number of halogens is 2. The first-order valence-electron chi connectivity index (χ1n) is 4.82. The van der Waals surface area contributed by atoms with Crippen molar-refractivity contribution < 1.29 is 4.39 Å². The Morgan fingerprint density at radius 2 is 2.36 bits per heavy atom. The number of benzene rings is 1. The highest BCUT2D eigenvalue weighted by Crippen LogP contribution is 2.49. The zero-order valence-electron chi connectivity index (χ0n) is 8.06. The molecule has 0 bridgehead atoms. The van der Waals surface area contributed by atoms with Crippen LogP contribution in [-0.4, -0.2) is 13.6 Å². The molecule has 1 nitrogen and oxygen atoms in total. The van der Waals surface area contributed by atoms with Crippen molar-refractivity contribution in [3.05, 3.63) is 34.6 Å². The second-order valence-electron chi connectivity index (χ2n) is 3.80. The van der Waals surface area contributed by atoms with E-state index >= 15 is 0 Å². The van der Waals surface area contributed by atoms with Crippen molar-refractivity contribution in [2.45, 2.75) is 12.3 Å². The smallest absolute Gasteiger partial charge is 0.128 e. The molecule has 0 amide bonds. The SMILES string of the molecule is CNCC1CC1c1c(F)cccc1Cl. The van der Waals surface area contributed by atoms with Gasteiger partial charge in [-0.15, -0.1) is 0 Å². The quantitative estimate of drug-likeness (QED) is 0.814. The maximum absolute atomic E-state index is 13.4. The lowest BCUT2D eigenvalue weighted by Crippen LogP contribution is -2.10. The summed E-state index contributed by atoms with van der Waals surface area (Å²) in [6, 6.07) is 4.89. The summed E-state index contributed by atoms with van der Waals surface area (Å²) in [6.07, 6.45) is 1.04. The summed E-state index contributed by atoms with van der Waals surface area (Å²) >= 11 is 5.97. The van der Waals surface area contributed by atoms with Crippen LogP contribution in [0.15, 0.2) is 18.2 Å². The van der Waals surface area contributed by atoms with Gasteiger partial charge in [0.05, 0.1) is 0 Å². The van der Waals surface area contributed by atoms with E-state index in [4.69, 9.17) is 11.6 Å². The molecule has 0 spiro atoms. The van der Waals surface area contributed by atoms with Gasteiger partial charge in [0, 0.05) is 10.6 Å². The molecular weight excluding hydrogens is 201 g/mol. The molecule has 76 valence electrons. The fourth-order valence-corrected chi connectivity index (χ4v) is 2.26. The van der Waals surface area contributed by atoms with E-state index < -0.39 is 0 Å². The molecule has 1 saturated carbocycles. The topological polar surface area (TPSA) is 12.0 Å². The molecule has 0 radical (unpaired) electrons. The van der Waals surface area contributed by atoms with E-state index in [-0.39, 0.29) is 5.82 Å². The third-order valence-corrected chi connectivity index (χ3v) is 3.09. The predicted molar refractivity (Wildman–Crippen MR) is 56.2 cm³/mol. The number of nitrogens with one attached hydrogen (secondary N) is 1. The summed E-state index contributed by atoms with van der Waals surface area (Å²) in [7, 11) is 1.92. The molecule has 1 aliphatic rings. The van der Waals surface area contributed by atoms with Gasteiger partial charge < -0.3 is 5.32 Å².